The Morgan fingerprint density at radius 2 is 1.63 bits per heavy atom. The fourth-order valence-electron chi connectivity index (χ4n) is 1.62. The first-order valence-corrected chi connectivity index (χ1v) is 7.35. The summed E-state index contributed by atoms with van der Waals surface area (Å²) < 4.78 is 26.1. The molecule has 0 N–H and O–H groups in total. The Labute approximate surface area is 115 Å². The van der Waals surface area contributed by atoms with Crippen LogP contribution in [0.15, 0.2) is 61.0 Å². The van der Waals surface area contributed by atoms with E-state index in [0.29, 0.717) is 0 Å². The smallest absolute Gasteiger partial charge is 0.207 e. The molecule has 0 fully saturated rings. The molecule has 0 spiro atoms. The monoisotopic (exact) mass is 277 g/mol. The van der Waals surface area contributed by atoms with Gasteiger partial charge in [-0.15, -0.1) is 13.2 Å². The van der Waals surface area contributed by atoms with Crippen LogP contribution in [0.4, 0.5) is 0 Å². The largest absolute Gasteiger partial charge is 0.243 e. The average Bonchev–Trinajstić information content (AvgIpc) is 2.38. The van der Waals surface area contributed by atoms with E-state index >= 15 is 0 Å². The molecule has 1 rings (SSSR count). The molecule has 1 aromatic carbocycles. The van der Waals surface area contributed by atoms with Crippen LogP contribution in [0.1, 0.15) is 12.5 Å². The Kier molecular flexibility index (Phi) is 5.27. The van der Waals surface area contributed by atoms with Crippen molar-refractivity contribution in [2.24, 2.45) is 0 Å². The van der Waals surface area contributed by atoms with E-state index in [9.17, 15) is 8.42 Å². The minimum atomic E-state index is -3.51. The Bertz CT molecular complexity index is 561. The molecule has 0 saturated heterocycles. The predicted molar refractivity (Wildman–Crippen MR) is 80.3 cm³/mol. The number of nitrogens with zero attached hydrogens (tertiary/aromatic N) is 1. The molecule has 0 atom stereocenters. The fraction of sp³-hybridized carbons (Fsp3) is 0.200. The molecule has 0 bridgehead atoms. The number of rotatable bonds is 7. The maximum absolute atomic E-state index is 12.4. The summed E-state index contributed by atoms with van der Waals surface area (Å²) in [7, 11) is -3.51. The van der Waals surface area contributed by atoms with Crippen LogP contribution in [0.25, 0.3) is 5.57 Å². The second-order valence-electron chi connectivity index (χ2n) is 4.20. The van der Waals surface area contributed by atoms with Gasteiger partial charge in [0, 0.05) is 13.1 Å². The van der Waals surface area contributed by atoms with Crippen molar-refractivity contribution in [3.63, 3.8) is 0 Å². The van der Waals surface area contributed by atoms with E-state index in [-0.39, 0.29) is 18.0 Å². The van der Waals surface area contributed by atoms with Crippen molar-refractivity contribution < 1.29 is 8.42 Å². The van der Waals surface area contributed by atoms with Crippen LogP contribution in [0.3, 0.4) is 0 Å². The lowest BCUT2D eigenvalue weighted by molar-refractivity contribution is 0.474. The van der Waals surface area contributed by atoms with Gasteiger partial charge in [-0.05, 0) is 24.6 Å². The molecular weight excluding hydrogens is 258 g/mol. The zero-order chi connectivity index (χ0) is 14.5. The van der Waals surface area contributed by atoms with Crippen molar-refractivity contribution in [3.8, 4) is 0 Å². The summed E-state index contributed by atoms with van der Waals surface area (Å²) in [5.74, 6) is 0. The molecule has 0 heterocycles. The van der Waals surface area contributed by atoms with Crippen molar-refractivity contribution in [1.29, 1.82) is 0 Å². The second kappa shape index (κ2) is 6.50. The summed E-state index contributed by atoms with van der Waals surface area (Å²) in [4.78, 5) is 0.265. The first-order chi connectivity index (χ1) is 8.93. The number of benzene rings is 1. The van der Waals surface area contributed by atoms with Crippen LogP contribution >= 0.6 is 0 Å². The van der Waals surface area contributed by atoms with Gasteiger partial charge in [0.25, 0.3) is 0 Å². The predicted octanol–water partition coefficient (Wildman–Crippen LogP) is 3.08. The highest BCUT2D eigenvalue weighted by molar-refractivity contribution is 7.89. The number of hydrogen-bond acceptors (Lipinski definition) is 2. The first-order valence-electron chi connectivity index (χ1n) is 5.91. The van der Waals surface area contributed by atoms with Crippen LogP contribution in [-0.4, -0.2) is 25.8 Å². The minimum Gasteiger partial charge on any atom is -0.207 e. The molecule has 102 valence electrons. The molecule has 3 nitrogen and oxygen atoms in total. The van der Waals surface area contributed by atoms with Gasteiger partial charge in [0.05, 0.1) is 4.90 Å². The third kappa shape index (κ3) is 3.66. The Morgan fingerprint density at radius 3 is 2.00 bits per heavy atom. The maximum atomic E-state index is 12.4. The van der Waals surface area contributed by atoms with Gasteiger partial charge >= 0.3 is 0 Å². The topological polar surface area (TPSA) is 37.4 Å². The van der Waals surface area contributed by atoms with Crippen LogP contribution in [0.5, 0.6) is 0 Å². The lowest BCUT2D eigenvalue weighted by Crippen LogP contribution is -2.31. The highest BCUT2D eigenvalue weighted by Gasteiger charge is 2.22. The molecule has 0 saturated carbocycles. The Hall–Kier alpha value is -1.65. The lowest BCUT2D eigenvalue weighted by atomic mass is 10.1. The SMILES string of the molecule is C=CCN(CC=C)S(=O)(=O)c1ccc(C(=C)C)cc1. The van der Waals surface area contributed by atoms with Gasteiger partial charge < -0.3 is 0 Å². The Balaban J connectivity index is 3.13. The quantitative estimate of drug-likeness (QED) is 0.718. The standard InChI is InChI=1S/C15H19NO2S/c1-5-11-16(12-6-2)19(17,18)15-9-7-14(8-10-15)13(3)4/h5-10H,1-3,11-12H2,4H3. The van der Waals surface area contributed by atoms with Gasteiger partial charge in [0.1, 0.15) is 0 Å². The highest BCUT2D eigenvalue weighted by Crippen LogP contribution is 2.19. The summed E-state index contributed by atoms with van der Waals surface area (Å²) in [5, 5.41) is 0. The average molecular weight is 277 g/mol. The zero-order valence-electron chi connectivity index (χ0n) is 11.2. The number of hydrogen-bond donors (Lipinski definition) is 0. The summed E-state index contributed by atoms with van der Waals surface area (Å²) in [5.41, 5.74) is 1.83. The van der Waals surface area contributed by atoms with Crippen molar-refractivity contribution in [3.05, 3.63) is 61.7 Å². The molecule has 0 amide bonds. The minimum absolute atomic E-state index is 0.261. The van der Waals surface area contributed by atoms with E-state index in [1.165, 1.54) is 4.31 Å². The molecule has 4 heteroatoms. The summed E-state index contributed by atoms with van der Waals surface area (Å²) >= 11 is 0. The molecule has 0 unspecified atom stereocenters. The molecule has 0 aliphatic carbocycles. The zero-order valence-corrected chi connectivity index (χ0v) is 12.0. The lowest BCUT2D eigenvalue weighted by Gasteiger charge is -2.19. The maximum Gasteiger partial charge on any atom is 0.243 e. The molecule has 0 aliphatic rings. The fourth-order valence-corrected chi connectivity index (χ4v) is 3.00. The third-order valence-corrected chi connectivity index (χ3v) is 4.50. The summed E-state index contributed by atoms with van der Waals surface area (Å²) in [6.07, 6.45) is 3.12. The molecule has 0 radical (unpaired) electrons. The van der Waals surface area contributed by atoms with Crippen molar-refractivity contribution in [2.75, 3.05) is 13.1 Å². The van der Waals surface area contributed by atoms with Crippen LogP contribution < -0.4 is 0 Å². The van der Waals surface area contributed by atoms with Crippen molar-refractivity contribution in [2.45, 2.75) is 11.8 Å². The van der Waals surface area contributed by atoms with E-state index < -0.39 is 10.0 Å². The molecule has 0 aromatic heterocycles. The molecular formula is C15H19NO2S. The first kappa shape index (κ1) is 15.4. The van der Waals surface area contributed by atoms with E-state index in [1.807, 2.05) is 6.92 Å². The van der Waals surface area contributed by atoms with Gasteiger partial charge in [-0.2, -0.15) is 4.31 Å². The number of allylic oxidation sites excluding steroid dienone is 1. The van der Waals surface area contributed by atoms with Gasteiger partial charge in [0.2, 0.25) is 10.0 Å². The second-order valence-corrected chi connectivity index (χ2v) is 6.14. The van der Waals surface area contributed by atoms with E-state index in [2.05, 4.69) is 19.7 Å². The normalized spacial score (nSPS) is 11.3. The Morgan fingerprint density at radius 1 is 1.16 bits per heavy atom. The van der Waals surface area contributed by atoms with Gasteiger partial charge in [0.15, 0.2) is 0 Å². The molecule has 1 aromatic rings. The van der Waals surface area contributed by atoms with Crippen LogP contribution in [-0.2, 0) is 10.0 Å². The summed E-state index contributed by atoms with van der Waals surface area (Å²) in [6, 6.07) is 6.71. The van der Waals surface area contributed by atoms with Crippen molar-refractivity contribution in [1.82, 2.24) is 4.31 Å². The van der Waals surface area contributed by atoms with Crippen LogP contribution in [0.2, 0.25) is 0 Å². The van der Waals surface area contributed by atoms with Gasteiger partial charge in [-0.1, -0.05) is 36.4 Å². The van der Waals surface area contributed by atoms with E-state index in [4.69, 9.17) is 0 Å². The number of sulfonamides is 1. The molecule has 0 aliphatic heterocycles. The molecule has 19 heavy (non-hydrogen) atoms. The third-order valence-electron chi connectivity index (χ3n) is 2.65. The van der Waals surface area contributed by atoms with Crippen LogP contribution in [0, 0.1) is 0 Å². The van der Waals surface area contributed by atoms with Gasteiger partial charge in [-0.25, -0.2) is 8.42 Å². The summed E-state index contributed by atoms with van der Waals surface area (Å²) in [6.45, 7) is 13.4. The highest BCUT2D eigenvalue weighted by atomic mass is 32.2. The van der Waals surface area contributed by atoms with E-state index in [0.717, 1.165) is 11.1 Å². The van der Waals surface area contributed by atoms with Gasteiger partial charge in [-0.3, -0.25) is 0 Å². The van der Waals surface area contributed by atoms with Crippen molar-refractivity contribution >= 4 is 15.6 Å². The van der Waals surface area contributed by atoms with E-state index in [1.54, 1.807) is 36.4 Å².